The van der Waals surface area contributed by atoms with Gasteiger partial charge in [0.25, 0.3) is 0 Å². The maximum Gasteiger partial charge on any atom is 0.416 e. The highest BCUT2D eigenvalue weighted by Gasteiger charge is 2.33. The number of alkyl halides is 3. The van der Waals surface area contributed by atoms with Crippen molar-refractivity contribution in [1.82, 2.24) is 15.6 Å². The second kappa shape index (κ2) is 9.91. The number of pyridine rings is 1. The summed E-state index contributed by atoms with van der Waals surface area (Å²) in [5.41, 5.74) is -0.271. The summed E-state index contributed by atoms with van der Waals surface area (Å²) in [7, 11) is 1.49. The van der Waals surface area contributed by atoms with Crippen LogP contribution in [0.1, 0.15) is 16.7 Å². The van der Waals surface area contributed by atoms with Gasteiger partial charge >= 0.3 is 6.18 Å². The highest BCUT2D eigenvalue weighted by atomic mass is 127. The van der Waals surface area contributed by atoms with Crippen molar-refractivity contribution in [3.05, 3.63) is 64.2 Å². The lowest BCUT2D eigenvalue weighted by Crippen LogP contribution is -2.36. The molecule has 0 fully saturated rings. The van der Waals surface area contributed by atoms with Crippen molar-refractivity contribution in [1.29, 1.82) is 0 Å². The molecule has 1 heterocycles. The normalized spacial score (nSPS) is 11.7. The summed E-state index contributed by atoms with van der Waals surface area (Å²) >= 11 is 5.70. The van der Waals surface area contributed by atoms with Gasteiger partial charge in [0.2, 0.25) is 0 Å². The molecule has 0 atom stereocenters. The first-order chi connectivity index (χ1) is 11.8. The predicted molar refractivity (Wildman–Crippen MR) is 103 cm³/mol. The molecule has 0 amide bonds. The molecule has 2 rings (SSSR count). The fraction of sp³-hybridized carbons (Fsp3) is 0.250. The minimum atomic E-state index is -4.63. The topological polar surface area (TPSA) is 49.3 Å². The fourth-order valence-corrected chi connectivity index (χ4v) is 2.17. The molecule has 0 unspecified atom stereocenters. The van der Waals surface area contributed by atoms with Crippen LogP contribution in [0.2, 0.25) is 5.15 Å². The Morgan fingerprint density at radius 1 is 1.15 bits per heavy atom. The lowest BCUT2D eigenvalue weighted by molar-refractivity contribution is -0.138. The van der Waals surface area contributed by atoms with E-state index < -0.39 is 17.6 Å². The number of aromatic nitrogens is 1. The van der Waals surface area contributed by atoms with E-state index in [4.69, 9.17) is 11.6 Å². The van der Waals surface area contributed by atoms with E-state index in [0.717, 1.165) is 17.7 Å². The Morgan fingerprint density at radius 3 is 2.42 bits per heavy atom. The van der Waals surface area contributed by atoms with Gasteiger partial charge in [-0.25, -0.2) is 9.37 Å². The molecule has 4 nitrogen and oxygen atoms in total. The van der Waals surface area contributed by atoms with Crippen LogP contribution < -0.4 is 10.6 Å². The molecule has 26 heavy (non-hydrogen) atoms. The van der Waals surface area contributed by atoms with Crippen LogP contribution in [0.5, 0.6) is 0 Å². The van der Waals surface area contributed by atoms with Gasteiger partial charge in [0.1, 0.15) is 11.0 Å². The van der Waals surface area contributed by atoms with Crippen LogP contribution in [0.15, 0.2) is 41.5 Å². The predicted octanol–water partition coefficient (Wildman–Crippen LogP) is 4.38. The fourth-order valence-electron chi connectivity index (χ4n) is 2.06. The Hall–Kier alpha value is -1.62. The van der Waals surface area contributed by atoms with Gasteiger partial charge in [-0.1, -0.05) is 23.7 Å². The van der Waals surface area contributed by atoms with Gasteiger partial charge < -0.3 is 10.6 Å². The average molecular weight is 503 g/mol. The van der Waals surface area contributed by atoms with Crippen LogP contribution in [0.3, 0.4) is 0 Å². The Bertz CT molecular complexity index is 751. The first-order valence-electron chi connectivity index (χ1n) is 7.20. The molecule has 10 heteroatoms. The van der Waals surface area contributed by atoms with Gasteiger partial charge in [-0.15, -0.1) is 24.0 Å². The summed E-state index contributed by atoms with van der Waals surface area (Å²) in [5.74, 6) is -0.638. The largest absolute Gasteiger partial charge is 0.416 e. The minimum Gasteiger partial charge on any atom is -0.352 e. The molecule has 0 aliphatic heterocycles. The molecule has 0 aliphatic carbocycles. The third kappa shape index (κ3) is 6.60. The molecule has 2 aromatic rings. The van der Waals surface area contributed by atoms with Crippen LogP contribution in [0, 0.1) is 5.82 Å². The first-order valence-corrected chi connectivity index (χ1v) is 7.58. The summed E-state index contributed by atoms with van der Waals surface area (Å²) in [6.45, 7) is 0.201. The lowest BCUT2D eigenvalue weighted by atomic mass is 10.1. The van der Waals surface area contributed by atoms with Crippen LogP contribution in [-0.2, 0) is 19.3 Å². The molecule has 1 aromatic carbocycles. The summed E-state index contributed by atoms with van der Waals surface area (Å²) in [6.07, 6.45) is -3.06. The van der Waals surface area contributed by atoms with Crippen LogP contribution in [-0.4, -0.2) is 18.0 Å². The average Bonchev–Trinajstić information content (AvgIpc) is 2.56. The number of hydrogen-bond donors (Lipinski definition) is 2. The van der Waals surface area contributed by atoms with Crippen LogP contribution in [0.25, 0.3) is 0 Å². The Labute approximate surface area is 170 Å². The number of hydrogen-bond acceptors (Lipinski definition) is 2. The monoisotopic (exact) mass is 502 g/mol. The van der Waals surface area contributed by atoms with E-state index in [9.17, 15) is 17.6 Å². The van der Waals surface area contributed by atoms with E-state index in [1.54, 1.807) is 18.3 Å². The van der Waals surface area contributed by atoms with E-state index >= 15 is 0 Å². The number of benzene rings is 1. The molecule has 2 N–H and O–H groups in total. The van der Waals surface area contributed by atoms with Gasteiger partial charge in [-0.3, -0.25) is 4.99 Å². The molecule has 1 aromatic heterocycles. The van der Waals surface area contributed by atoms with E-state index in [1.165, 1.54) is 7.05 Å². The number of aliphatic imine (C=N–C) groups is 1. The standard InChI is InChI=1S/C16H15ClF4N4.HI/c1-22-15(24-8-10-2-5-14(17)23-7-10)25-9-11-3-4-12(18)6-13(11)16(19,20)21;/h2-7H,8-9H2,1H3,(H2,22,24,25);1H. The van der Waals surface area contributed by atoms with E-state index in [-0.39, 0.29) is 36.1 Å². The molecule has 0 saturated heterocycles. The maximum atomic E-state index is 13.1. The van der Waals surface area contributed by atoms with Gasteiger partial charge in [-0.05, 0) is 29.3 Å². The molecular weight excluding hydrogens is 487 g/mol. The third-order valence-electron chi connectivity index (χ3n) is 3.30. The highest BCUT2D eigenvalue weighted by molar-refractivity contribution is 14.0. The molecule has 0 aliphatic rings. The van der Waals surface area contributed by atoms with Gasteiger partial charge in [0.05, 0.1) is 5.56 Å². The van der Waals surface area contributed by atoms with Crippen molar-refractivity contribution in [3.8, 4) is 0 Å². The summed E-state index contributed by atoms with van der Waals surface area (Å²) in [5, 5.41) is 6.08. The first kappa shape index (κ1) is 22.4. The van der Waals surface area contributed by atoms with Crippen molar-refractivity contribution in [3.63, 3.8) is 0 Å². The minimum absolute atomic E-state index is 0. The van der Waals surface area contributed by atoms with Gasteiger partial charge in [0, 0.05) is 26.3 Å². The number of guanidine groups is 1. The zero-order chi connectivity index (χ0) is 18.4. The Morgan fingerprint density at radius 2 is 1.85 bits per heavy atom. The SMILES string of the molecule is CN=C(NCc1ccc(Cl)nc1)NCc1ccc(F)cc1C(F)(F)F.I. The number of nitrogens with one attached hydrogen (secondary N) is 2. The van der Waals surface area contributed by atoms with E-state index in [2.05, 4.69) is 20.6 Å². The third-order valence-corrected chi connectivity index (χ3v) is 3.52. The van der Waals surface area contributed by atoms with E-state index in [1.807, 2.05) is 0 Å². The smallest absolute Gasteiger partial charge is 0.352 e. The lowest BCUT2D eigenvalue weighted by Gasteiger charge is -2.16. The van der Waals surface area contributed by atoms with Crippen molar-refractivity contribution in [2.45, 2.75) is 19.3 Å². The molecule has 0 spiro atoms. The second-order valence-electron chi connectivity index (χ2n) is 5.07. The summed E-state index contributed by atoms with van der Waals surface area (Å²) in [4.78, 5) is 7.87. The van der Waals surface area contributed by atoms with Crippen LogP contribution >= 0.6 is 35.6 Å². The summed E-state index contributed by atoms with van der Waals surface area (Å²) in [6, 6.07) is 5.95. The zero-order valence-electron chi connectivity index (χ0n) is 13.6. The van der Waals surface area contributed by atoms with Crippen LogP contribution in [0.4, 0.5) is 17.6 Å². The number of rotatable bonds is 4. The molecule has 142 valence electrons. The van der Waals surface area contributed by atoms with Crippen molar-refractivity contribution < 1.29 is 17.6 Å². The van der Waals surface area contributed by atoms with Gasteiger partial charge in [-0.2, -0.15) is 13.2 Å². The zero-order valence-corrected chi connectivity index (χ0v) is 16.7. The molecule has 0 radical (unpaired) electrons. The molecule has 0 saturated carbocycles. The number of nitrogens with zero attached hydrogens (tertiary/aromatic N) is 2. The second-order valence-corrected chi connectivity index (χ2v) is 5.45. The van der Waals surface area contributed by atoms with Crippen molar-refractivity contribution in [2.75, 3.05) is 7.05 Å². The van der Waals surface area contributed by atoms with Gasteiger partial charge in [0.15, 0.2) is 5.96 Å². The quantitative estimate of drug-likeness (QED) is 0.215. The number of halogens is 6. The molecular formula is C16H16ClF4IN4. The van der Waals surface area contributed by atoms with Crippen molar-refractivity contribution >= 4 is 41.5 Å². The highest BCUT2D eigenvalue weighted by Crippen LogP contribution is 2.32. The molecule has 0 bridgehead atoms. The van der Waals surface area contributed by atoms with Crippen molar-refractivity contribution in [2.24, 2.45) is 4.99 Å². The Kier molecular flexibility index (Phi) is 8.54. The van der Waals surface area contributed by atoms with E-state index in [0.29, 0.717) is 23.7 Å². The Balaban J connectivity index is 0.00000338. The maximum absolute atomic E-state index is 13.1. The summed E-state index contributed by atoms with van der Waals surface area (Å²) < 4.78 is 52.0.